The Morgan fingerprint density at radius 3 is 2.04 bits per heavy atom. The molecule has 0 aliphatic heterocycles. The van der Waals surface area contributed by atoms with Crippen LogP contribution in [0.25, 0.3) is 0 Å². The first-order valence-electron chi connectivity index (χ1n) is 9.43. The van der Waals surface area contributed by atoms with Crippen molar-refractivity contribution in [3.8, 4) is 11.5 Å². The van der Waals surface area contributed by atoms with E-state index >= 15 is 0 Å². The van der Waals surface area contributed by atoms with Crippen LogP contribution in [0.4, 0.5) is 5.69 Å². The molecule has 0 heterocycles. The molecule has 142 valence electrons. The fraction of sp³-hybridized carbons (Fsp3) is 0.455. The van der Waals surface area contributed by atoms with Gasteiger partial charge in [-0.1, -0.05) is 26.0 Å². The van der Waals surface area contributed by atoms with Crippen LogP contribution in [0.3, 0.4) is 0 Å². The Bertz CT molecular complexity index is 608. The van der Waals surface area contributed by atoms with Crippen molar-refractivity contribution in [3.63, 3.8) is 0 Å². The molecule has 0 saturated carbocycles. The van der Waals surface area contributed by atoms with Crippen LogP contribution in [0.1, 0.15) is 32.8 Å². The highest BCUT2D eigenvalue weighted by molar-refractivity contribution is 5.47. The topological polar surface area (TPSA) is 39.7 Å². The van der Waals surface area contributed by atoms with Gasteiger partial charge >= 0.3 is 0 Å². The predicted octanol–water partition coefficient (Wildman–Crippen LogP) is 5.14. The SMILES string of the molecule is CCOCCOc1ccc(NCc2ccc(OCCC(C)C)cc2)cc1. The molecule has 0 radical (unpaired) electrons. The number of hydrogen-bond donors (Lipinski definition) is 1. The smallest absolute Gasteiger partial charge is 0.119 e. The summed E-state index contributed by atoms with van der Waals surface area (Å²) in [6.07, 6.45) is 1.08. The predicted molar refractivity (Wildman–Crippen MR) is 107 cm³/mol. The Morgan fingerprint density at radius 1 is 0.808 bits per heavy atom. The number of hydrogen-bond acceptors (Lipinski definition) is 4. The van der Waals surface area contributed by atoms with E-state index in [-0.39, 0.29) is 0 Å². The standard InChI is InChI=1S/C22H31NO3/c1-4-24-15-16-26-22-11-7-20(8-12-22)23-17-19-5-9-21(10-6-19)25-14-13-18(2)3/h5-12,18,23H,4,13-17H2,1-3H3. The van der Waals surface area contributed by atoms with Crippen molar-refractivity contribution < 1.29 is 14.2 Å². The van der Waals surface area contributed by atoms with E-state index in [9.17, 15) is 0 Å². The highest BCUT2D eigenvalue weighted by atomic mass is 16.5. The zero-order valence-electron chi connectivity index (χ0n) is 16.2. The maximum atomic E-state index is 5.75. The van der Waals surface area contributed by atoms with Gasteiger partial charge in [0, 0.05) is 18.8 Å². The highest BCUT2D eigenvalue weighted by Crippen LogP contribution is 2.18. The zero-order chi connectivity index (χ0) is 18.6. The summed E-state index contributed by atoms with van der Waals surface area (Å²) in [5.74, 6) is 2.46. The third-order valence-corrected chi connectivity index (χ3v) is 3.94. The Morgan fingerprint density at radius 2 is 1.42 bits per heavy atom. The Labute approximate surface area is 157 Å². The van der Waals surface area contributed by atoms with Crippen LogP contribution in [-0.2, 0) is 11.3 Å². The molecule has 0 aliphatic carbocycles. The third-order valence-electron chi connectivity index (χ3n) is 3.94. The summed E-state index contributed by atoms with van der Waals surface area (Å²) in [5.41, 5.74) is 2.29. The second kappa shape index (κ2) is 11.4. The van der Waals surface area contributed by atoms with Gasteiger partial charge in [-0.05, 0) is 61.2 Å². The molecular weight excluding hydrogens is 326 g/mol. The van der Waals surface area contributed by atoms with Gasteiger partial charge in [0.15, 0.2) is 0 Å². The molecule has 0 atom stereocenters. The first kappa shape index (κ1) is 20.1. The molecule has 2 aromatic carbocycles. The van der Waals surface area contributed by atoms with Crippen LogP contribution in [-0.4, -0.2) is 26.4 Å². The maximum absolute atomic E-state index is 5.75. The quantitative estimate of drug-likeness (QED) is 0.534. The van der Waals surface area contributed by atoms with E-state index in [1.54, 1.807) is 0 Å². The molecule has 4 heteroatoms. The number of benzene rings is 2. The van der Waals surface area contributed by atoms with Crippen LogP contribution in [0.5, 0.6) is 11.5 Å². The second-order valence-electron chi connectivity index (χ2n) is 6.60. The van der Waals surface area contributed by atoms with Crippen molar-refractivity contribution in [2.24, 2.45) is 5.92 Å². The molecule has 1 N–H and O–H groups in total. The molecule has 0 aromatic heterocycles. The van der Waals surface area contributed by atoms with Gasteiger partial charge in [0.2, 0.25) is 0 Å². The minimum absolute atomic E-state index is 0.576. The average molecular weight is 357 g/mol. The van der Waals surface area contributed by atoms with Crippen LogP contribution in [0.2, 0.25) is 0 Å². The molecule has 2 aromatic rings. The Balaban J connectivity index is 1.72. The van der Waals surface area contributed by atoms with E-state index in [1.807, 2.05) is 43.3 Å². The summed E-state index contributed by atoms with van der Waals surface area (Å²) in [4.78, 5) is 0. The van der Waals surface area contributed by atoms with E-state index in [1.165, 1.54) is 5.56 Å². The van der Waals surface area contributed by atoms with E-state index in [2.05, 4.69) is 31.3 Å². The van der Waals surface area contributed by atoms with Crippen molar-refractivity contribution in [3.05, 3.63) is 54.1 Å². The number of anilines is 1. The summed E-state index contributed by atoms with van der Waals surface area (Å²) in [6, 6.07) is 16.3. The average Bonchev–Trinajstić information content (AvgIpc) is 2.65. The molecule has 0 unspecified atom stereocenters. The molecule has 0 amide bonds. The Kier molecular flexibility index (Phi) is 8.84. The van der Waals surface area contributed by atoms with E-state index in [0.717, 1.165) is 43.4 Å². The largest absolute Gasteiger partial charge is 0.494 e. The molecule has 26 heavy (non-hydrogen) atoms. The lowest BCUT2D eigenvalue weighted by molar-refractivity contribution is 0.110. The summed E-state index contributed by atoms with van der Waals surface area (Å²) in [7, 11) is 0. The summed E-state index contributed by atoms with van der Waals surface area (Å²) < 4.78 is 16.6. The molecular formula is C22H31NO3. The first-order valence-corrected chi connectivity index (χ1v) is 9.43. The van der Waals surface area contributed by atoms with E-state index in [4.69, 9.17) is 14.2 Å². The maximum Gasteiger partial charge on any atom is 0.119 e. The molecule has 0 aliphatic rings. The van der Waals surface area contributed by atoms with Gasteiger partial charge in [-0.15, -0.1) is 0 Å². The lowest BCUT2D eigenvalue weighted by atomic mass is 10.1. The number of ether oxygens (including phenoxy) is 3. The number of rotatable bonds is 12. The molecule has 4 nitrogen and oxygen atoms in total. The van der Waals surface area contributed by atoms with Crippen molar-refractivity contribution in [2.75, 3.05) is 31.7 Å². The Hall–Kier alpha value is -2.20. The monoisotopic (exact) mass is 357 g/mol. The highest BCUT2D eigenvalue weighted by Gasteiger charge is 1.99. The first-order chi connectivity index (χ1) is 12.7. The van der Waals surface area contributed by atoms with E-state index < -0.39 is 0 Å². The second-order valence-corrected chi connectivity index (χ2v) is 6.60. The minimum Gasteiger partial charge on any atom is -0.494 e. The van der Waals surface area contributed by atoms with Gasteiger partial charge in [-0.25, -0.2) is 0 Å². The van der Waals surface area contributed by atoms with Gasteiger partial charge in [0.25, 0.3) is 0 Å². The van der Waals surface area contributed by atoms with Crippen LogP contribution >= 0.6 is 0 Å². The molecule has 0 spiro atoms. The molecule has 0 bridgehead atoms. The van der Waals surface area contributed by atoms with Crippen LogP contribution in [0, 0.1) is 5.92 Å². The van der Waals surface area contributed by atoms with Gasteiger partial charge in [-0.3, -0.25) is 0 Å². The van der Waals surface area contributed by atoms with Crippen molar-refractivity contribution >= 4 is 5.69 Å². The van der Waals surface area contributed by atoms with Gasteiger partial charge < -0.3 is 19.5 Å². The lowest BCUT2D eigenvalue weighted by Gasteiger charge is -2.11. The summed E-state index contributed by atoms with van der Waals surface area (Å²) >= 11 is 0. The summed E-state index contributed by atoms with van der Waals surface area (Å²) in [5, 5.41) is 3.42. The van der Waals surface area contributed by atoms with Crippen LogP contribution in [0.15, 0.2) is 48.5 Å². The molecule has 0 saturated heterocycles. The fourth-order valence-corrected chi connectivity index (χ4v) is 2.35. The lowest BCUT2D eigenvalue weighted by Crippen LogP contribution is -2.06. The van der Waals surface area contributed by atoms with Crippen molar-refractivity contribution in [1.29, 1.82) is 0 Å². The van der Waals surface area contributed by atoms with Crippen LogP contribution < -0.4 is 14.8 Å². The van der Waals surface area contributed by atoms with E-state index in [0.29, 0.717) is 19.1 Å². The molecule has 0 fully saturated rings. The zero-order valence-corrected chi connectivity index (χ0v) is 16.2. The molecule has 2 rings (SSSR count). The van der Waals surface area contributed by atoms with Crippen molar-refractivity contribution in [1.82, 2.24) is 0 Å². The normalized spacial score (nSPS) is 10.8. The van der Waals surface area contributed by atoms with Gasteiger partial charge in [-0.2, -0.15) is 0 Å². The fourth-order valence-electron chi connectivity index (χ4n) is 2.35. The van der Waals surface area contributed by atoms with Gasteiger partial charge in [0.1, 0.15) is 18.1 Å². The summed E-state index contributed by atoms with van der Waals surface area (Å²) in [6.45, 7) is 9.85. The third kappa shape index (κ3) is 7.79. The van der Waals surface area contributed by atoms with Gasteiger partial charge in [0.05, 0.1) is 13.2 Å². The number of nitrogens with one attached hydrogen (secondary N) is 1. The minimum atomic E-state index is 0.576. The van der Waals surface area contributed by atoms with Crippen molar-refractivity contribution in [2.45, 2.75) is 33.7 Å².